The molecule has 0 fully saturated rings. The van der Waals surface area contributed by atoms with Crippen LogP contribution in [0.25, 0.3) is 0 Å². The minimum atomic E-state index is -3.72. The Morgan fingerprint density at radius 3 is 2.38 bits per heavy atom. The summed E-state index contributed by atoms with van der Waals surface area (Å²) >= 11 is 0. The van der Waals surface area contributed by atoms with Crippen molar-refractivity contribution >= 4 is 27.3 Å². The molecule has 0 aliphatic heterocycles. The standard InChI is InChI=1S/C19H17N3O3S/c1-14-7-9-18(10-8-14)26(24,25)22-16-5-2-4-15(12-16)19(23)21-17-6-3-11-20-13-17/h2-13,22H,1H3,(H,21,23). The van der Waals surface area contributed by atoms with Gasteiger partial charge in [0.05, 0.1) is 16.8 Å². The van der Waals surface area contributed by atoms with Crippen molar-refractivity contribution in [1.29, 1.82) is 0 Å². The molecule has 0 aliphatic rings. The van der Waals surface area contributed by atoms with Gasteiger partial charge in [-0.25, -0.2) is 8.42 Å². The lowest BCUT2D eigenvalue weighted by Crippen LogP contribution is -2.15. The van der Waals surface area contributed by atoms with E-state index in [-0.39, 0.29) is 10.8 Å². The molecular formula is C19H17N3O3S. The lowest BCUT2D eigenvalue weighted by Gasteiger charge is -2.10. The molecule has 1 heterocycles. The first-order chi connectivity index (χ1) is 12.4. The summed E-state index contributed by atoms with van der Waals surface area (Å²) in [6.07, 6.45) is 3.14. The van der Waals surface area contributed by atoms with Crippen LogP contribution in [0.5, 0.6) is 0 Å². The summed E-state index contributed by atoms with van der Waals surface area (Å²) in [5.74, 6) is -0.352. The van der Waals surface area contributed by atoms with E-state index >= 15 is 0 Å². The highest BCUT2D eigenvalue weighted by Gasteiger charge is 2.15. The highest BCUT2D eigenvalue weighted by atomic mass is 32.2. The van der Waals surface area contributed by atoms with E-state index in [0.29, 0.717) is 16.9 Å². The molecule has 0 saturated heterocycles. The number of rotatable bonds is 5. The lowest BCUT2D eigenvalue weighted by molar-refractivity contribution is 0.102. The largest absolute Gasteiger partial charge is 0.321 e. The van der Waals surface area contributed by atoms with E-state index in [2.05, 4.69) is 15.0 Å². The van der Waals surface area contributed by atoms with Gasteiger partial charge in [0.1, 0.15) is 0 Å². The molecule has 0 bridgehead atoms. The van der Waals surface area contributed by atoms with Crippen molar-refractivity contribution in [2.45, 2.75) is 11.8 Å². The van der Waals surface area contributed by atoms with Gasteiger partial charge in [-0.1, -0.05) is 23.8 Å². The maximum Gasteiger partial charge on any atom is 0.261 e. The van der Waals surface area contributed by atoms with Gasteiger partial charge in [0.15, 0.2) is 0 Å². The summed E-state index contributed by atoms with van der Waals surface area (Å²) in [6, 6.07) is 16.3. The molecule has 0 spiro atoms. The van der Waals surface area contributed by atoms with Crippen molar-refractivity contribution in [3.63, 3.8) is 0 Å². The first-order valence-corrected chi connectivity index (χ1v) is 9.33. The van der Waals surface area contributed by atoms with Crippen LogP contribution < -0.4 is 10.0 Å². The van der Waals surface area contributed by atoms with Crippen LogP contribution in [0.3, 0.4) is 0 Å². The molecule has 0 aliphatic carbocycles. The molecule has 0 saturated carbocycles. The van der Waals surface area contributed by atoms with Crippen molar-refractivity contribution in [3.8, 4) is 0 Å². The molecule has 1 amide bonds. The van der Waals surface area contributed by atoms with Gasteiger partial charge in [-0.2, -0.15) is 0 Å². The van der Waals surface area contributed by atoms with Crippen LogP contribution in [-0.4, -0.2) is 19.3 Å². The summed E-state index contributed by atoms with van der Waals surface area (Å²) in [6.45, 7) is 1.88. The lowest BCUT2D eigenvalue weighted by atomic mass is 10.2. The Bertz CT molecular complexity index is 1020. The van der Waals surface area contributed by atoms with Crippen molar-refractivity contribution in [1.82, 2.24) is 4.98 Å². The van der Waals surface area contributed by atoms with E-state index in [4.69, 9.17) is 0 Å². The van der Waals surface area contributed by atoms with Gasteiger partial charge in [0, 0.05) is 17.4 Å². The molecule has 132 valence electrons. The molecular weight excluding hydrogens is 350 g/mol. The second-order valence-corrected chi connectivity index (χ2v) is 7.38. The fraction of sp³-hybridized carbons (Fsp3) is 0.0526. The van der Waals surface area contributed by atoms with Crippen molar-refractivity contribution in [3.05, 3.63) is 84.2 Å². The first kappa shape index (κ1) is 17.6. The minimum absolute atomic E-state index is 0.160. The van der Waals surface area contributed by atoms with Gasteiger partial charge in [0.25, 0.3) is 15.9 Å². The molecule has 26 heavy (non-hydrogen) atoms. The second-order valence-electron chi connectivity index (χ2n) is 5.70. The number of aromatic nitrogens is 1. The van der Waals surface area contributed by atoms with Crippen LogP contribution in [0.15, 0.2) is 78.0 Å². The molecule has 2 N–H and O–H groups in total. The molecule has 6 nitrogen and oxygen atoms in total. The smallest absolute Gasteiger partial charge is 0.261 e. The fourth-order valence-electron chi connectivity index (χ4n) is 2.30. The summed E-state index contributed by atoms with van der Waals surface area (Å²) in [4.78, 5) is 16.4. The molecule has 0 radical (unpaired) electrons. The van der Waals surface area contributed by atoms with Crippen molar-refractivity contribution in [2.24, 2.45) is 0 Å². The summed E-state index contributed by atoms with van der Waals surface area (Å²) < 4.78 is 27.4. The highest BCUT2D eigenvalue weighted by molar-refractivity contribution is 7.92. The topological polar surface area (TPSA) is 88.2 Å². The monoisotopic (exact) mass is 367 g/mol. The third-order valence-corrected chi connectivity index (χ3v) is 5.02. The van der Waals surface area contributed by atoms with Gasteiger partial charge >= 0.3 is 0 Å². The Labute approximate surface area is 152 Å². The van der Waals surface area contributed by atoms with E-state index in [1.54, 1.807) is 48.7 Å². The molecule has 2 aromatic carbocycles. The molecule has 3 aromatic rings. The molecule has 1 aromatic heterocycles. The van der Waals surface area contributed by atoms with Crippen LogP contribution in [0.4, 0.5) is 11.4 Å². The zero-order valence-electron chi connectivity index (χ0n) is 14.0. The number of hydrogen-bond acceptors (Lipinski definition) is 4. The van der Waals surface area contributed by atoms with Crippen LogP contribution in [0.2, 0.25) is 0 Å². The number of benzene rings is 2. The maximum atomic E-state index is 12.5. The predicted molar refractivity (Wildman–Crippen MR) is 101 cm³/mol. The van der Waals surface area contributed by atoms with E-state index < -0.39 is 10.0 Å². The Hall–Kier alpha value is -3.19. The van der Waals surface area contributed by atoms with E-state index in [0.717, 1.165) is 5.56 Å². The van der Waals surface area contributed by atoms with Crippen LogP contribution in [0, 0.1) is 6.92 Å². The van der Waals surface area contributed by atoms with E-state index in [1.807, 2.05) is 6.92 Å². The van der Waals surface area contributed by atoms with Gasteiger partial charge in [-0.15, -0.1) is 0 Å². The Balaban J connectivity index is 1.78. The summed E-state index contributed by atoms with van der Waals surface area (Å²) in [5, 5.41) is 2.71. The zero-order chi connectivity index (χ0) is 18.6. The molecule has 0 unspecified atom stereocenters. The van der Waals surface area contributed by atoms with Gasteiger partial charge in [-0.05, 0) is 49.4 Å². The predicted octanol–water partition coefficient (Wildman–Crippen LogP) is 3.44. The molecule has 0 atom stereocenters. The van der Waals surface area contributed by atoms with Gasteiger partial charge in [0.2, 0.25) is 0 Å². The summed E-state index contributed by atoms with van der Waals surface area (Å²) in [7, 11) is -3.72. The number of aryl methyl sites for hydroxylation is 1. The Kier molecular flexibility index (Phi) is 4.99. The SMILES string of the molecule is Cc1ccc(S(=O)(=O)Nc2cccc(C(=O)Nc3cccnc3)c2)cc1. The first-order valence-electron chi connectivity index (χ1n) is 7.85. The number of sulfonamides is 1. The fourth-order valence-corrected chi connectivity index (χ4v) is 3.34. The van der Waals surface area contributed by atoms with E-state index in [9.17, 15) is 13.2 Å². The number of nitrogens with zero attached hydrogens (tertiary/aromatic N) is 1. The van der Waals surface area contributed by atoms with Crippen LogP contribution >= 0.6 is 0 Å². The normalized spacial score (nSPS) is 11.0. The number of pyridine rings is 1. The Morgan fingerprint density at radius 2 is 1.69 bits per heavy atom. The number of hydrogen-bond donors (Lipinski definition) is 2. The Morgan fingerprint density at radius 1 is 0.962 bits per heavy atom. The zero-order valence-corrected chi connectivity index (χ0v) is 14.8. The van der Waals surface area contributed by atoms with E-state index in [1.165, 1.54) is 24.4 Å². The maximum absolute atomic E-state index is 12.5. The highest BCUT2D eigenvalue weighted by Crippen LogP contribution is 2.18. The summed E-state index contributed by atoms with van der Waals surface area (Å²) in [5.41, 5.74) is 2.17. The minimum Gasteiger partial charge on any atom is -0.321 e. The molecule has 3 rings (SSSR count). The van der Waals surface area contributed by atoms with Crippen LogP contribution in [0.1, 0.15) is 15.9 Å². The number of nitrogens with one attached hydrogen (secondary N) is 2. The number of carbonyl (C=O) groups excluding carboxylic acids is 1. The number of amides is 1. The average Bonchev–Trinajstić information content (AvgIpc) is 2.63. The van der Waals surface area contributed by atoms with Gasteiger partial charge < -0.3 is 5.32 Å². The third-order valence-electron chi connectivity index (χ3n) is 3.63. The van der Waals surface area contributed by atoms with Crippen molar-refractivity contribution < 1.29 is 13.2 Å². The molecule has 7 heteroatoms. The third kappa shape index (κ3) is 4.25. The quantitative estimate of drug-likeness (QED) is 0.723. The van der Waals surface area contributed by atoms with Crippen LogP contribution in [-0.2, 0) is 10.0 Å². The number of anilines is 2. The van der Waals surface area contributed by atoms with Gasteiger partial charge in [-0.3, -0.25) is 14.5 Å². The second kappa shape index (κ2) is 7.37. The number of carbonyl (C=O) groups is 1. The average molecular weight is 367 g/mol. The van der Waals surface area contributed by atoms with Crippen molar-refractivity contribution in [2.75, 3.05) is 10.0 Å².